The molecule has 2 aromatic carbocycles. The highest BCUT2D eigenvalue weighted by molar-refractivity contribution is 7.98. The molecule has 1 atom stereocenters. The van der Waals surface area contributed by atoms with Crippen LogP contribution in [0.4, 0.5) is 0 Å². The van der Waals surface area contributed by atoms with E-state index in [0.717, 1.165) is 28.0 Å². The molecule has 0 radical (unpaired) electrons. The maximum Gasteiger partial charge on any atom is 0.276 e. The molecule has 0 unspecified atom stereocenters. The van der Waals surface area contributed by atoms with E-state index in [0.29, 0.717) is 35.3 Å². The molecule has 0 fully saturated rings. The predicted molar refractivity (Wildman–Crippen MR) is 114 cm³/mol. The summed E-state index contributed by atoms with van der Waals surface area (Å²) in [6.45, 7) is 2.66. The summed E-state index contributed by atoms with van der Waals surface area (Å²) in [6, 6.07) is 12.0. The Labute approximate surface area is 179 Å². The summed E-state index contributed by atoms with van der Waals surface area (Å²) in [7, 11) is 3.26. The van der Waals surface area contributed by atoms with Gasteiger partial charge in [0.2, 0.25) is 0 Å². The molecule has 0 saturated carbocycles. The minimum absolute atomic E-state index is 0.0899. The van der Waals surface area contributed by atoms with E-state index in [2.05, 4.69) is 11.2 Å². The van der Waals surface area contributed by atoms with Crippen LogP contribution in [0.5, 0.6) is 11.5 Å². The van der Waals surface area contributed by atoms with Gasteiger partial charge in [-0.15, -0.1) is 11.8 Å². The second-order valence-corrected chi connectivity index (χ2v) is 8.47. The molecule has 0 bridgehead atoms. The molecule has 1 amide bonds. The number of benzene rings is 2. The van der Waals surface area contributed by atoms with E-state index < -0.39 is 0 Å². The Morgan fingerprint density at radius 1 is 1.20 bits per heavy atom. The zero-order chi connectivity index (χ0) is 20.8. The van der Waals surface area contributed by atoms with E-state index in [1.807, 2.05) is 42.2 Å². The monoisotopic (exact) mass is 422 g/mol. The lowest BCUT2D eigenvalue weighted by Crippen LogP contribution is -2.39. The van der Waals surface area contributed by atoms with Crippen molar-refractivity contribution in [1.29, 1.82) is 0 Å². The molecule has 2 aliphatic heterocycles. The largest absolute Gasteiger partial charge is 0.493 e. The average molecular weight is 423 g/mol. The number of methoxy groups -OCH3 is 2. The Morgan fingerprint density at radius 2 is 1.97 bits per heavy atom. The molecule has 7 heteroatoms. The summed E-state index contributed by atoms with van der Waals surface area (Å²) < 4.78 is 16.5. The van der Waals surface area contributed by atoms with Crippen molar-refractivity contribution < 1.29 is 18.8 Å². The lowest BCUT2D eigenvalue weighted by molar-refractivity contribution is 0.0666. The van der Waals surface area contributed by atoms with Gasteiger partial charge < -0.3 is 18.9 Å². The van der Waals surface area contributed by atoms with Crippen molar-refractivity contribution in [3.05, 3.63) is 58.8 Å². The van der Waals surface area contributed by atoms with Gasteiger partial charge in [-0.3, -0.25) is 4.79 Å². The molecule has 3 aromatic rings. The molecule has 30 heavy (non-hydrogen) atoms. The first-order valence-electron chi connectivity index (χ1n) is 9.89. The number of thioether (sulfide) groups is 1. The summed E-state index contributed by atoms with van der Waals surface area (Å²) >= 11 is 1.71. The molecule has 3 heterocycles. The summed E-state index contributed by atoms with van der Waals surface area (Å²) in [4.78, 5) is 16.5. The van der Waals surface area contributed by atoms with Crippen LogP contribution in [0.1, 0.15) is 40.1 Å². The first kappa shape index (κ1) is 19.1. The highest BCUT2D eigenvalue weighted by Gasteiger charge is 2.35. The lowest BCUT2D eigenvalue weighted by Gasteiger charge is -2.35. The number of carbonyl (C=O) groups excluding carboxylic acids is 1. The van der Waals surface area contributed by atoms with Crippen LogP contribution >= 0.6 is 11.8 Å². The first-order chi connectivity index (χ1) is 14.6. The summed E-state index contributed by atoms with van der Waals surface area (Å²) in [5.74, 6) is 2.69. The normalized spacial score (nSPS) is 17.0. The lowest BCUT2D eigenvalue weighted by atomic mass is 9.92. The smallest absolute Gasteiger partial charge is 0.276 e. The highest BCUT2D eigenvalue weighted by Crippen LogP contribution is 2.44. The SMILES string of the molecule is COc1cc2c(cc1OC)[C@@H](C)N(C(=O)c1noc3c1CSc1ccccc1-3)CC2. The fourth-order valence-corrected chi connectivity index (χ4v) is 5.37. The Hall–Kier alpha value is -2.93. The van der Waals surface area contributed by atoms with Crippen LogP contribution < -0.4 is 9.47 Å². The fourth-order valence-electron chi connectivity index (χ4n) is 4.31. The van der Waals surface area contributed by atoms with Crippen molar-refractivity contribution in [3.63, 3.8) is 0 Å². The van der Waals surface area contributed by atoms with E-state index in [4.69, 9.17) is 14.0 Å². The van der Waals surface area contributed by atoms with Crippen LogP contribution in [-0.4, -0.2) is 36.7 Å². The predicted octanol–water partition coefficient (Wildman–Crippen LogP) is 4.72. The van der Waals surface area contributed by atoms with Crippen molar-refractivity contribution in [1.82, 2.24) is 10.1 Å². The average Bonchev–Trinajstić information content (AvgIpc) is 3.23. The highest BCUT2D eigenvalue weighted by atomic mass is 32.2. The van der Waals surface area contributed by atoms with Crippen molar-refractivity contribution in [2.75, 3.05) is 20.8 Å². The van der Waals surface area contributed by atoms with E-state index in [1.54, 1.807) is 26.0 Å². The third-order valence-corrected chi connectivity index (χ3v) is 7.04. The number of fused-ring (bicyclic) bond motifs is 4. The second kappa shape index (κ2) is 7.40. The van der Waals surface area contributed by atoms with Gasteiger partial charge in [0.15, 0.2) is 23.0 Å². The van der Waals surface area contributed by atoms with Gasteiger partial charge in [-0.2, -0.15) is 0 Å². The number of aromatic nitrogens is 1. The Bertz CT molecular complexity index is 1140. The third kappa shape index (κ3) is 2.88. The van der Waals surface area contributed by atoms with Crippen molar-refractivity contribution in [2.24, 2.45) is 0 Å². The third-order valence-electron chi connectivity index (χ3n) is 5.94. The molecule has 1 aromatic heterocycles. The standard InChI is InChI=1S/C23H22N2O4S/c1-13-16-11-19(28-3)18(27-2)10-14(16)8-9-25(13)23(26)21-17-12-30-20-7-5-4-6-15(20)22(17)29-24-21/h4-7,10-11,13H,8-9,12H2,1-3H3/t13-/m1/s1. The second-order valence-electron chi connectivity index (χ2n) is 7.45. The number of carbonyl (C=O) groups is 1. The zero-order valence-electron chi connectivity index (χ0n) is 17.1. The number of nitrogens with zero attached hydrogens (tertiary/aromatic N) is 2. The number of amides is 1. The van der Waals surface area contributed by atoms with Gasteiger partial charge in [-0.1, -0.05) is 17.3 Å². The number of ether oxygens (including phenoxy) is 2. The van der Waals surface area contributed by atoms with Crippen LogP contribution in [0.25, 0.3) is 11.3 Å². The Morgan fingerprint density at radius 3 is 2.77 bits per heavy atom. The molecular formula is C23H22N2O4S. The van der Waals surface area contributed by atoms with Gasteiger partial charge >= 0.3 is 0 Å². The van der Waals surface area contributed by atoms with Crippen LogP contribution in [-0.2, 0) is 12.2 Å². The van der Waals surface area contributed by atoms with Crippen LogP contribution in [0.3, 0.4) is 0 Å². The molecule has 0 spiro atoms. The first-order valence-corrected chi connectivity index (χ1v) is 10.9. The van der Waals surface area contributed by atoms with E-state index in [9.17, 15) is 4.79 Å². The van der Waals surface area contributed by atoms with Gasteiger partial charge in [-0.05, 0) is 48.7 Å². The van der Waals surface area contributed by atoms with Crippen LogP contribution in [0.2, 0.25) is 0 Å². The number of hydrogen-bond acceptors (Lipinski definition) is 6. The molecule has 0 aliphatic carbocycles. The van der Waals surface area contributed by atoms with Crippen molar-refractivity contribution in [2.45, 2.75) is 30.0 Å². The fraction of sp³-hybridized carbons (Fsp3) is 0.304. The van der Waals surface area contributed by atoms with E-state index in [-0.39, 0.29) is 11.9 Å². The molecular weight excluding hydrogens is 400 g/mol. The summed E-state index contributed by atoms with van der Waals surface area (Å²) in [5, 5.41) is 4.20. The van der Waals surface area contributed by atoms with E-state index in [1.165, 1.54) is 5.56 Å². The topological polar surface area (TPSA) is 64.8 Å². The van der Waals surface area contributed by atoms with Gasteiger partial charge in [0.05, 0.1) is 20.3 Å². The van der Waals surface area contributed by atoms with Gasteiger partial charge in [0.1, 0.15) is 0 Å². The van der Waals surface area contributed by atoms with Gasteiger partial charge in [-0.25, -0.2) is 0 Å². The minimum Gasteiger partial charge on any atom is -0.493 e. The van der Waals surface area contributed by atoms with Gasteiger partial charge in [0.25, 0.3) is 5.91 Å². The quantitative estimate of drug-likeness (QED) is 0.608. The molecule has 0 saturated heterocycles. The maximum atomic E-state index is 13.5. The zero-order valence-corrected chi connectivity index (χ0v) is 17.9. The van der Waals surface area contributed by atoms with Crippen molar-refractivity contribution >= 4 is 17.7 Å². The Kier molecular flexibility index (Phi) is 4.70. The molecule has 0 N–H and O–H groups in total. The molecule has 5 rings (SSSR count). The molecule has 2 aliphatic rings. The maximum absolute atomic E-state index is 13.5. The number of hydrogen-bond donors (Lipinski definition) is 0. The number of rotatable bonds is 3. The Balaban J connectivity index is 1.49. The van der Waals surface area contributed by atoms with Gasteiger partial charge in [0, 0.05) is 28.3 Å². The summed E-state index contributed by atoms with van der Waals surface area (Å²) in [6.07, 6.45) is 0.753. The summed E-state index contributed by atoms with van der Waals surface area (Å²) in [5.41, 5.74) is 4.56. The molecule has 6 nitrogen and oxygen atoms in total. The van der Waals surface area contributed by atoms with E-state index >= 15 is 0 Å². The minimum atomic E-state index is -0.100. The van der Waals surface area contributed by atoms with Crippen molar-refractivity contribution in [3.8, 4) is 22.8 Å². The molecule has 154 valence electrons. The van der Waals surface area contributed by atoms with Crippen LogP contribution in [0, 0.1) is 0 Å². The van der Waals surface area contributed by atoms with Crippen LogP contribution in [0.15, 0.2) is 45.8 Å².